The Hall–Kier alpha value is -1.68. The van der Waals surface area contributed by atoms with Crippen LogP contribution in [0.1, 0.15) is 52.5 Å². The van der Waals surface area contributed by atoms with Crippen LogP contribution in [0.2, 0.25) is 0 Å². The Kier molecular flexibility index (Phi) is 9.31. The highest BCUT2D eigenvalue weighted by Gasteiger charge is 2.11. The van der Waals surface area contributed by atoms with Gasteiger partial charge < -0.3 is 4.98 Å². The summed E-state index contributed by atoms with van der Waals surface area (Å²) in [4.78, 5) is 17.2. The fourth-order valence-corrected chi connectivity index (χ4v) is 2.84. The third-order valence-electron chi connectivity index (χ3n) is 3.90. The van der Waals surface area contributed by atoms with Crippen LogP contribution < -0.4 is 0 Å². The third kappa shape index (κ3) is 6.08. The molecule has 0 saturated heterocycles. The predicted octanol–water partition coefficient (Wildman–Crippen LogP) is 4.96. The smallest absolute Gasteiger partial charge is 0.146 e. The molecule has 1 aromatic heterocycles. The molecular weight excluding hydrogens is 303 g/mol. The Balaban J connectivity index is 0.00000139. The average Bonchev–Trinajstić information content (AvgIpc) is 2.97. The summed E-state index contributed by atoms with van der Waals surface area (Å²) < 4.78 is 13.2. The number of nitrogens with zero attached hydrogens (tertiary/aromatic N) is 1. The van der Waals surface area contributed by atoms with Gasteiger partial charge in [0.2, 0.25) is 0 Å². The molecule has 1 aromatic carbocycles. The quantitative estimate of drug-likeness (QED) is 0.704. The van der Waals surface area contributed by atoms with E-state index in [2.05, 4.69) is 16.8 Å². The molecule has 0 aliphatic heterocycles. The molecule has 1 heterocycles. The summed E-state index contributed by atoms with van der Waals surface area (Å²) in [5.74, 6) is 0.0932. The number of rotatable bonds is 9. The molecule has 2 rings (SSSR count). The number of hydrogen-bond acceptors (Lipinski definition) is 2. The van der Waals surface area contributed by atoms with Gasteiger partial charge in [0.05, 0.1) is 6.54 Å². The molecule has 4 heteroatoms. The van der Waals surface area contributed by atoms with Crippen molar-refractivity contribution in [1.29, 1.82) is 0 Å². The van der Waals surface area contributed by atoms with Crippen molar-refractivity contribution in [2.24, 2.45) is 0 Å². The van der Waals surface area contributed by atoms with Gasteiger partial charge in [0.15, 0.2) is 0 Å². The van der Waals surface area contributed by atoms with Crippen LogP contribution in [0.4, 0.5) is 4.39 Å². The minimum atomic E-state index is -0.223. The number of aromatic nitrogens is 1. The van der Waals surface area contributed by atoms with Crippen molar-refractivity contribution >= 4 is 16.7 Å². The van der Waals surface area contributed by atoms with Crippen LogP contribution >= 0.6 is 0 Å². The lowest BCUT2D eigenvalue weighted by Gasteiger charge is -2.20. The fourth-order valence-electron chi connectivity index (χ4n) is 2.84. The zero-order valence-corrected chi connectivity index (χ0v) is 15.5. The maximum absolute atomic E-state index is 13.2. The molecule has 3 nitrogen and oxygen atoms in total. The summed E-state index contributed by atoms with van der Waals surface area (Å²) in [7, 11) is 0. The van der Waals surface area contributed by atoms with Gasteiger partial charge in [-0.15, -0.1) is 0 Å². The lowest BCUT2D eigenvalue weighted by atomic mass is 10.1. The van der Waals surface area contributed by atoms with Crippen molar-refractivity contribution in [3.05, 3.63) is 35.8 Å². The number of halogens is 1. The molecule has 0 fully saturated rings. The Morgan fingerprint density at radius 2 is 1.92 bits per heavy atom. The number of H-pyrrole nitrogens is 1. The van der Waals surface area contributed by atoms with Crippen LogP contribution in [-0.4, -0.2) is 35.3 Å². The van der Waals surface area contributed by atoms with Gasteiger partial charge in [-0.2, -0.15) is 0 Å². The number of carbonyl (C=O) groups excluding carboxylic acids is 1. The van der Waals surface area contributed by atoms with E-state index < -0.39 is 0 Å². The second-order valence-corrected chi connectivity index (χ2v) is 5.82. The SMILES string of the molecule is CC.CCCC(=O)CN(CCC)CCc1c[nH]c2cc(F)ccc12. The first-order valence-corrected chi connectivity index (χ1v) is 9.13. The Morgan fingerprint density at radius 1 is 1.17 bits per heavy atom. The number of ketones is 1. The van der Waals surface area contributed by atoms with E-state index in [1.807, 2.05) is 33.0 Å². The van der Waals surface area contributed by atoms with Crippen molar-refractivity contribution in [1.82, 2.24) is 9.88 Å². The van der Waals surface area contributed by atoms with Gasteiger partial charge in [0.25, 0.3) is 0 Å². The van der Waals surface area contributed by atoms with Crippen LogP contribution in [0, 0.1) is 5.82 Å². The van der Waals surface area contributed by atoms with E-state index in [-0.39, 0.29) is 5.82 Å². The van der Waals surface area contributed by atoms with E-state index in [1.165, 1.54) is 17.7 Å². The molecule has 0 aliphatic rings. The van der Waals surface area contributed by atoms with E-state index in [0.29, 0.717) is 18.7 Å². The van der Waals surface area contributed by atoms with E-state index in [9.17, 15) is 9.18 Å². The van der Waals surface area contributed by atoms with Crippen molar-refractivity contribution in [2.45, 2.75) is 53.4 Å². The highest BCUT2D eigenvalue weighted by atomic mass is 19.1. The number of aromatic amines is 1. The minimum Gasteiger partial charge on any atom is -0.361 e. The predicted molar refractivity (Wildman–Crippen MR) is 100.0 cm³/mol. The second-order valence-electron chi connectivity index (χ2n) is 5.82. The van der Waals surface area contributed by atoms with Gasteiger partial charge >= 0.3 is 0 Å². The molecule has 0 unspecified atom stereocenters. The van der Waals surface area contributed by atoms with E-state index >= 15 is 0 Å². The van der Waals surface area contributed by atoms with Crippen molar-refractivity contribution in [2.75, 3.05) is 19.6 Å². The molecule has 0 radical (unpaired) electrons. The average molecular weight is 334 g/mol. The second kappa shape index (κ2) is 11.0. The normalized spacial score (nSPS) is 10.8. The van der Waals surface area contributed by atoms with Crippen LogP contribution in [0.5, 0.6) is 0 Å². The first kappa shape index (κ1) is 20.4. The molecule has 0 saturated carbocycles. The Bertz CT molecular complexity index is 621. The van der Waals surface area contributed by atoms with Crippen LogP contribution in [-0.2, 0) is 11.2 Å². The van der Waals surface area contributed by atoms with Gasteiger partial charge in [-0.25, -0.2) is 4.39 Å². The summed E-state index contributed by atoms with van der Waals surface area (Å²) in [6.45, 7) is 10.5. The van der Waals surface area contributed by atoms with Gasteiger partial charge in [-0.05, 0) is 49.6 Å². The summed E-state index contributed by atoms with van der Waals surface area (Å²) in [5, 5.41) is 1.07. The number of fused-ring (bicyclic) bond motifs is 1. The van der Waals surface area contributed by atoms with Crippen molar-refractivity contribution in [3.8, 4) is 0 Å². The molecule has 2 aromatic rings. The molecule has 134 valence electrons. The lowest BCUT2D eigenvalue weighted by Crippen LogP contribution is -2.32. The number of Topliss-reactive ketones (excluding diaryl/α,β-unsaturated/α-hetero) is 1. The highest BCUT2D eigenvalue weighted by molar-refractivity contribution is 5.83. The van der Waals surface area contributed by atoms with E-state index in [4.69, 9.17) is 0 Å². The maximum Gasteiger partial charge on any atom is 0.146 e. The summed E-state index contributed by atoms with van der Waals surface area (Å²) in [6.07, 6.45) is 5.42. The van der Waals surface area contributed by atoms with Crippen molar-refractivity contribution < 1.29 is 9.18 Å². The van der Waals surface area contributed by atoms with Gasteiger partial charge in [-0.1, -0.05) is 27.7 Å². The summed E-state index contributed by atoms with van der Waals surface area (Å²) in [6, 6.07) is 4.84. The standard InChI is InChI=1S/C18H25FN2O.C2H6/c1-3-5-16(22)13-21(9-4-2)10-8-14-12-20-18-11-15(19)6-7-17(14)18;1-2/h6-7,11-12,20H,3-5,8-10,13H2,1-2H3;1-2H3. The zero-order valence-electron chi connectivity index (χ0n) is 15.5. The number of hydrogen-bond donors (Lipinski definition) is 1. The van der Waals surface area contributed by atoms with Crippen LogP contribution in [0.3, 0.4) is 0 Å². The molecule has 0 spiro atoms. The molecule has 0 bridgehead atoms. The number of benzene rings is 1. The van der Waals surface area contributed by atoms with Crippen LogP contribution in [0.15, 0.2) is 24.4 Å². The summed E-state index contributed by atoms with van der Waals surface area (Å²) in [5.41, 5.74) is 2.01. The molecule has 0 atom stereocenters. The fraction of sp³-hybridized carbons (Fsp3) is 0.550. The van der Waals surface area contributed by atoms with Gasteiger partial charge in [-0.3, -0.25) is 9.69 Å². The third-order valence-corrected chi connectivity index (χ3v) is 3.90. The maximum atomic E-state index is 13.2. The lowest BCUT2D eigenvalue weighted by molar-refractivity contribution is -0.120. The van der Waals surface area contributed by atoms with E-state index in [1.54, 1.807) is 0 Å². The highest BCUT2D eigenvalue weighted by Crippen LogP contribution is 2.20. The molecular formula is C20H31FN2O. The van der Waals surface area contributed by atoms with Gasteiger partial charge in [0, 0.05) is 30.1 Å². The molecule has 1 N–H and O–H groups in total. The summed E-state index contributed by atoms with van der Waals surface area (Å²) >= 11 is 0. The van der Waals surface area contributed by atoms with Crippen LogP contribution in [0.25, 0.3) is 10.9 Å². The first-order valence-electron chi connectivity index (χ1n) is 9.13. The van der Waals surface area contributed by atoms with E-state index in [0.717, 1.165) is 43.3 Å². The molecule has 0 amide bonds. The first-order chi connectivity index (χ1) is 11.6. The van der Waals surface area contributed by atoms with Crippen molar-refractivity contribution in [3.63, 3.8) is 0 Å². The minimum absolute atomic E-state index is 0.223. The number of carbonyl (C=O) groups is 1. The largest absolute Gasteiger partial charge is 0.361 e. The molecule has 24 heavy (non-hydrogen) atoms. The monoisotopic (exact) mass is 334 g/mol. The Labute approximate surface area is 145 Å². The Morgan fingerprint density at radius 3 is 2.58 bits per heavy atom. The van der Waals surface area contributed by atoms with Gasteiger partial charge in [0.1, 0.15) is 11.6 Å². The zero-order chi connectivity index (χ0) is 17.9. The topological polar surface area (TPSA) is 36.1 Å². The number of nitrogens with one attached hydrogen (secondary N) is 1. The molecule has 0 aliphatic carbocycles.